The molecule has 3 aliphatic rings. The topological polar surface area (TPSA) is 108 Å². The monoisotopic (exact) mass is 641 g/mol. The van der Waals surface area contributed by atoms with Crippen LogP contribution in [0.3, 0.4) is 0 Å². The third-order valence-corrected chi connectivity index (χ3v) is 9.92. The summed E-state index contributed by atoms with van der Waals surface area (Å²) in [5.74, 6) is -2.37. The first-order chi connectivity index (χ1) is 22.3. The first kappa shape index (κ1) is 32.5. The number of halogens is 2. The van der Waals surface area contributed by atoms with Gasteiger partial charge >= 0.3 is 0 Å². The minimum Gasteiger partial charge on any atom is -0.326 e. The van der Waals surface area contributed by atoms with E-state index in [0.717, 1.165) is 54.7 Å². The standard InChI is InChI=1S/C37H41F2N5O3/c1-21(2)22(3)5-6-23(4)27-14-31(36(47)44(18-27)28-10-11-28)34(45)42-33-16-26(15-32(41-33)25-8-9-25)29-12-7-24(17-40)13-30(29)35(46)43-19-37(38,39)20-43/h7,12-16,18,21-23,25,28H,5-6,8-11,19-20H2,1-4H3,(H,41,42,45)/t22-,23-/m1/s1. The van der Waals surface area contributed by atoms with Gasteiger partial charge in [-0.05, 0) is 103 Å². The zero-order valence-corrected chi connectivity index (χ0v) is 27.4. The largest absolute Gasteiger partial charge is 0.326 e. The summed E-state index contributed by atoms with van der Waals surface area (Å²) in [6.07, 6.45) is 7.56. The minimum atomic E-state index is -2.93. The Kier molecular flexibility index (Phi) is 8.77. The number of alkyl halides is 2. The molecule has 47 heavy (non-hydrogen) atoms. The molecule has 1 aromatic carbocycles. The second-order valence-electron chi connectivity index (χ2n) is 14.1. The predicted molar refractivity (Wildman–Crippen MR) is 176 cm³/mol. The van der Waals surface area contributed by atoms with E-state index in [-0.39, 0.29) is 45.9 Å². The Hall–Kier alpha value is -4.39. The molecule has 0 bridgehead atoms. The van der Waals surface area contributed by atoms with Crippen molar-refractivity contribution in [2.24, 2.45) is 11.8 Å². The van der Waals surface area contributed by atoms with Crippen molar-refractivity contribution in [2.45, 2.75) is 90.0 Å². The van der Waals surface area contributed by atoms with Crippen LogP contribution in [0.2, 0.25) is 0 Å². The summed E-state index contributed by atoms with van der Waals surface area (Å²) < 4.78 is 29.0. The van der Waals surface area contributed by atoms with Gasteiger partial charge in [-0.25, -0.2) is 13.8 Å². The van der Waals surface area contributed by atoms with Gasteiger partial charge in [-0.15, -0.1) is 0 Å². The molecule has 3 aromatic rings. The molecule has 2 amide bonds. The van der Waals surface area contributed by atoms with Crippen LogP contribution in [0.4, 0.5) is 14.6 Å². The molecule has 6 rings (SSSR count). The number of nitriles is 1. The van der Waals surface area contributed by atoms with Gasteiger partial charge in [-0.1, -0.05) is 33.8 Å². The Labute approximate surface area is 273 Å². The average Bonchev–Trinajstić information content (AvgIpc) is 3.95. The van der Waals surface area contributed by atoms with E-state index < -0.39 is 30.8 Å². The van der Waals surface area contributed by atoms with Crippen molar-refractivity contribution in [1.29, 1.82) is 5.26 Å². The number of rotatable bonds is 11. The number of carbonyl (C=O) groups is 2. The number of carbonyl (C=O) groups excluding carboxylic acids is 2. The fourth-order valence-corrected chi connectivity index (χ4v) is 6.10. The number of pyridine rings is 2. The van der Waals surface area contributed by atoms with Crippen molar-refractivity contribution in [3.05, 3.63) is 80.9 Å². The molecule has 3 fully saturated rings. The van der Waals surface area contributed by atoms with E-state index in [1.165, 1.54) is 6.07 Å². The third-order valence-electron chi connectivity index (χ3n) is 9.92. The number of anilines is 1. The molecule has 3 heterocycles. The molecular weight excluding hydrogens is 600 g/mol. The maximum absolute atomic E-state index is 13.8. The lowest BCUT2D eigenvalue weighted by Crippen LogP contribution is -2.58. The van der Waals surface area contributed by atoms with Crippen LogP contribution in [0.25, 0.3) is 11.1 Å². The lowest BCUT2D eigenvalue weighted by Gasteiger charge is -2.39. The number of nitrogens with zero attached hydrogens (tertiary/aromatic N) is 4. The van der Waals surface area contributed by atoms with Crippen LogP contribution in [0.1, 0.15) is 122 Å². The van der Waals surface area contributed by atoms with Crippen LogP contribution in [-0.4, -0.2) is 45.3 Å². The Balaban J connectivity index is 1.33. The van der Waals surface area contributed by atoms with Gasteiger partial charge in [0.05, 0.1) is 24.7 Å². The maximum atomic E-state index is 13.8. The molecule has 2 saturated carbocycles. The fraction of sp³-hybridized carbons (Fsp3) is 0.486. The van der Waals surface area contributed by atoms with Gasteiger partial charge in [0.1, 0.15) is 11.4 Å². The third kappa shape index (κ3) is 7.14. The summed E-state index contributed by atoms with van der Waals surface area (Å²) in [4.78, 5) is 46.5. The fourth-order valence-electron chi connectivity index (χ4n) is 6.10. The predicted octanol–water partition coefficient (Wildman–Crippen LogP) is 7.51. The smallest absolute Gasteiger partial charge is 0.282 e. The number of likely N-dealkylation sites (tertiary alicyclic amines) is 1. The number of aromatic nitrogens is 2. The molecule has 2 aromatic heterocycles. The Morgan fingerprint density at radius 3 is 2.36 bits per heavy atom. The number of benzene rings is 1. The van der Waals surface area contributed by atoms with E-state index in [9.17, 15) is 28.4 Å². The number of amides is 2. The van der Waals surface area contributed by atoms with Crippen molar-refractivity contribution in [3.63, 3.8) is 0 Å². The van der Waals surface area contributed by atoms with Crippen LogP contribution in [-0.2, 0) is 0 Å². The highest BCUT2D eigenvalue weighted by Crippen LogP contribution is 2.42. The zero-order chi connectivity index (χ0) is 33.6. The molecular formula is C37H41F2N5O3. The summed E-state index contributed by atoms with van der Waals surface area (Å²) in [5, 5.41) is 12.4. The van der Waals surface area contributed by atoms with Crippen molar-refractivity contribution in [1.82, 2.24) is 14.5 Å². The van der Waals surface area contributed by atoms with Gasteiger partial charge in [0, 0.05) is 29.4 Å². The average molecular weight is 642 g/mol. The van der Waals surface area contributed by atoms with E-state index >= 15 is 0 Å². The summed E-state index contributed by atoms with van der Waals surface area (Å²) >= 11 is 0. The Morgan fingerprint density at radius 2 is 1.74 bits per heavy atom. The zero-order valence-electron chi connectivity index (χ0n) is 27.4. The lowest BCUT2D eigenvalue weighted by atomic mass is 9.87. The van der Waals surface area contributed by atoms with Gasteiger partial charge in [-0.2, -0.15) is 5.26 Å². The van der Waals surface area contributed by atoms with Gasteiger partial charge in [0.2, 0.25) is 0 Å². The Morgan fingerprint density at radius 1 is 1.02 bits per heavy atom. The molecule has 8 nitrogen and oxygen atoms in total. The molecule has 0 spiro atoms. The molecule has 1 aliphatic heterocycles. The van der Waals surface area contributed by atoms with E-state index in [1.807, 2.05) is 18.3 Å². The molecule has 2 atom stereocenters. The SMILES string of the molecule is CC(C)[C@H](C)CC[C@@H](C)c1cc(C(=O)Nc2cc(-c3ccc(C#N)cc3C(=O)N3CC(F)(F)C3)cc(C3CC3)n2)c(=O)n(C2CC2)c1. The quantitative estimate of drug-likeness (QED) is 0.233. The highest BCUT2D eigenvalue weighted by Gasteiger charge is 2.46. The van der Waals surface area contributed by atoms with Crippen LogP contribution < -0.4 is 10.9 Å². The van der Waals surface area contributed by atoms with Crippen molar-refractivity contribution < 1.29 is 18.4 Å². The van der Waals surface area contributed by atoms with E-state index in [1.54, 1.807) is 28.8 Å². The number of hydrogen-bond donors (Lipinski definition) is 1. The molecule has 0 radical (unpaired) electrons. The van der Waals surface area contributed by atoms with Crippen LogP contribution in [0.15, 0.2) is 47.4 Å². The minimum absolute atomic E-state index is 0.0614. The van der Waals surface area contributed by atoms with Crippen LogP contribution in [0, 0.1) is 23.2 Å². The van der Waals surface area contributed by atoms with Gasteiger partial charge in [0.15, 0.2) is 0 Å². The highest BCUT2D eigenvalue weighted by molar-refractivity contribution is 6.05. The van der Waals surface area contributed by atoms with Gasteiger partial charge < -0.3 is 14.8 Å². The molecule has 246 valence electrons. The van der Waals surface area contributed by atoms with E-state index in [4.69, 9.17) is 4.98 Å². The lowest BCUT2D eigenvalue weighted by molar-refractivity contribution is -0.113. The maximum Gasteiger partial charge on any atom is 0.282 e. The highest BCUT2D eigenvalue weighted by atomic mass is 19.3. The van der Waals surface area contributed by atoms with Crippen molar-refractivity contribution in [3.8, 4) is 17.2 Å². The molecule has 10 heteroatoms. The van der Waals surface area contributed by atoms with Crippen LogP contribution in [0.5, 0.6) is 0 Å². The van der Waals surface area contributed by atoms with Crippen molar-refractivity contribution in [2.75, 3.05) is 18.4 Å². The van der Waals surface area contributed by atoms with Gasteiger partial charge in [-0.3, -0.25) is 14.4 Å². The molecule has 2 aliphatic carbocycles. The first-order valence-corrected chi connectivity index (χ1v) is 16.6. The summed E-state index contributed by atoms with van der Waals surface area (Å²) in [6.45, 7) is 7.46. The van der Waals surface area contributed by atoms with E-state index in [0.29, 0.717) is 23.0 Å². The van der Waals surface area contributed by atoms with Gasteiger partial charge in [0.25, 0.3) is 23.3 Å². The van der Waals surface area contributed by atoms with E-state index in [2.05, 4.69) is 33.0 Å². The second-order valence-corrected chi connectivity index (χ2v) is 14.1. The second kappa shape index (κ2) is 12.7. The number of hydrogen-bond acceptors (Lipinski definition) is 5. The normalized spacial score (nSPS) is 18.3. The summed E-state index contributed by atoms with van der Waals surface area (Å²) in [5.41, 5.74) is 2.79. The van der Waals surface area contributed by atoms with Crippen molar-refractivity contribution >= 4 is 17.6 Å². The Bertz CT molecular complexity index is 1810. The molecule has 1 saturated heterocycles. The van der Waals surface area contributed by atoms with Crippen LogP contribution >= 0.6 is 0 Å². The molecule has 1 N–H and O–H groups in total. The number of nitrogens with one attached hydrogen (secondary N) is 1. The summed E-state index contributed by atoms with van der Waals surface area (Å²) in [7, 11) is 0. The summed E-state index contributed by atoms with van der Waals surface area (Å²) in [6, 6.07) is 11.9. The molecule has 0 unspecified atom stereocenters. The first-order valence-electron chi connectivity index (χ1n) is 16.6.